The van der Waals surface area contributed by atoms with Gasteiger partial charge < -0.3 is 15.2 Å². The second kappa shape index (κ2) is 8.22. The van der Waals surface area contributed by atoms with E-state index in [0.717, 1.165) is 4.90 Å². The third-order valence-corrected chi connectivity index (χ3v) is 4.70. The van der Waals surface area contributed by atoms with Crippen LogP contribution in [0.5, 0.6) is 0 Å². The number of carbonyl (C=O) groups excluding carboxylic acids is 3. The third-order valence-electron chi connectivity index (χ3n) is 4.20. The van der Waals surface area contributed by atoms with Crippen molar-refractivity contribution >= 4 is 34.3 Å². The first kappa shape index (κ1) is 20.5. The van der Waals surface area contributed by atoms with E-state index in [1.807, 2.05) is 6.07 Å². The Balaban J connectivity index is 2.86. The molecule has 0 unspecified atom stereocenters. The van der Waals surface area contributed by atoms with Crippen molar-refractivity contribution in [3.63, 3.8) is 0 Å². The molecule has 0 radical (unpaired) electrons. The molecule has 0 fully saturated rings. The summed E-state index contributed by atoms with van der Waals surface area (Å²) < 4.78 is 10.9. The van der Waals surface area contributed by atoms with Crippen molar-refractivity contribution < 1.29 is 23.9 Å². The predicted molar refractivity (Wildman–Crippen MR) is 97.6 cm³/mol. The molecule has 27 heavy (non-hydrogen) atoms. The number of halogens is 1. The first-order valence-corrected chi connectivity index (χ1v) is 8.93. The molecule has 1 aliphatic heterocycles. The molecule has 142 valence electrons. The standard InChI is InChI=1S/C18H18BrN3O5/c1-3-26-16(24)18(17(25)27-4-2)14(11-6-5-7-12(19)8-11)13(9-20)15(21)22(18)10-23/h5-8,10,14H,3-4,21H2,1-2H3/t14-/m1/s1. The summed E-state index contributed by atoms with van der Waals surface area (Å²) in [4.78, 5) is 38.6. The molecule has 0 saturated carbocycles. The summed E-state index contributed by atoms with van der Waals surface area (Å²) in [6.07, 6.45) is 0.235. The number of nitrogens with two attached hydrogens (primary N) is 1. The summed E-state index contributed by atoms with van der Waals surface area (Å²) in [5.74, 6) is -3.51. The Morgan fingerprint density at radius 2 is 1.93 bits per heavy atom. The van der Waals surface area contributed by atoms with Gasteiger partial charge in [-0.1, -0.05) is 28.1 Å². The summed E-state index contributed by atoms with van der Waals surface area (Å²) in [5.41, 5.74) is 4.05. The molecule has 9 heteroatoms. The highest BCUT2D eigenvalue weighted by Gasteiger charge is 2.66. The van der Waals surface area contributed by atoms with E-state index >= 15 is 0 Å². The molecule has 2 N–H and O–H groups in total. The van der Waals surface area contributed by atoms with Crippen LogP contribution in [0.25, 0.3) is 0 Å². The number of nitriles is 1. The van der Waals surface area contributed by atoms with Gasteiger partial charge in [0.05, 0.1) is 30.8 Å². The Kier molecular flexibility index (Phi) is 6.23. The Morgan fingerprint density at radius 3 is 2.37 bits per heavy atom. The maximum atomic E-state index is 13.0. The number of ether oxygens (including phenoxy) is 2. The third kappa shape index (κ3) is 3.17. The van der Waals surface area contributed by atoms with E-state index in [1.54, 1.807) is 38.1 Å². The topological polar surface area (TPSA) is 123 Å². The quantitative estimate of drug-likeness (QED) is 0.408. The van der Waals surface area contributed by atoms with Gasteiger partial charge in [0, 0.05) is 4.47 Å². The van der Waals surface area contributed by atoms with Gasteiger partial charge in [-0.15, -0.1) is 0 Å². The molecular formula is C18H18BrN3O5. The lowest BCUT2D eigenvalue weighted by molar-refractivity contribution is -0.174. The monoisotopic (exact) mass is 435 g/mol. The van der Waals surface area contributed by atoms with Crippen molar-refractivity contribution in [2.75, 3.05) is 13.2 Å². The van der Waals surface area contributed by atoms with Crippen molar-refractivity contribution in [1.29, 1.82) is 5.26 Å². The van der Waals surface area contributed by atoms with Crippen molar-refractivity contribution in [3.05, 3.63) is 45.7 Å². The highest BCUT2D eigenvalue weighted by Crippen LogP contribution is 2.48. The molecule has 1 amide bonds. The van der Waals surface area contributed by atoms with E-state index in [-0.39, 0.29) is 31.0 Å². The molecule has 0 aromatic heterocycles. The van der Waals surface area contributed by atoms with Crippen LogP contribution in [0.3, 0.4) is 0 Å². The van der Waals surface area contributed by atoms with E-state index in [9.17, 15) is 19.6 Å². The van der Waals surface area contributed by atoms with Gasteiger partial charge in [-0.3, -0.25) is 9.69 Å². The number of carbonyl (C=O) groups is 3. The van der Waals surface area contributed by atoms with Crippen molar-refractivity contribution in [3.8, 4) is 6.07 Å². The molecule has 8 nitrogen and oxygen atoms in total. The molecule has 0 spiro atoms. The Hall–Kier alpha value is -2.86. The Labute approximate surface area is 164 Å². The fourth-order valence-corrected chi connectivity index (χ4v) is 3.59. The summed E-state index contributed by atoms with van der Waals surface area (Å²) in [6, 6.07) is 8.60. The zero-order chi connectivity index (χ0) is 20.2. The number of esters is 2. The van der Waals surface area contributed by atoms with Gasteiger partial charge in [0.15, 0.2) is 0 Å². The molecule has 2 rings (SSSR count). The summed E-state index contributed by atoms with van der Waals surface area (Å²) in [7, 11) is 0. The lowest BCUT2D eigenvalue weighted by atomic mass is 9.76. The van der Waals surface area contributed by atoms with Crippen LogP contribution in [0.1, 0.15) is 25.3 Å². The lowest BCUT2D eigenvalue weighted by Gasteiger charge is -2.36. The van der Waals surface area contributed by atoms with Crippen molar-refractivity contribution in [1.82, 2.24) is 4.90 Å². The van der Waals surface area contributed by atoms with Gasteiger partial charge in [0.1, 0.15) is 5.82 Å². The van der Waals surface area contributed by atoms with E-state index in [4.69, 9.17) is 15.2 Å². The van der Waals surface area contributed by atoms with Crippen molar-refractivity contribution in [2.45, 2.75) is 25.3 Å². The molecule has 0 saturated heterocycles. The van der Waals surface area contributed by atoms with Crippen LogP contribution in [0.4, 0.5) is 0 Å². The Morgan fingerprint density at radius 1 is 1.33 bits per heavy atom. The van der Waals surface area contributed by atoms with Gasteiger partial charge in [-0.05, 0) is 31.5 Å². The van der Waals surface area contributed by atoms with Gasteiger partial charge in [-0.25, -0.2) is 9.59 Å². The number of nitrogens with zero attached hydrogens (tertiary/aromatic N) is 2. The highest BCUT2D eigenvalue weighted by atomic mass is 79.9. The average Bonchev–Trinajstić information content (AvgIpc) is 2.90. The number of hydrogen-bond acceptors (Lipinski definition) is 7. The molecule has 1 aromatic carbocycles. The number of amides is 1. The molecule has 0 aliphatic carbocycles. The largest absolute Gasteiger partial charge is 0.464 e. The molecule has 1 heterocycles. The Bertz CT molecular complexity index is 828. The van der Waals surface area contributed by atoms with Crippen molar-refractivity contribution in [2.24, 2.45) is 5.73 Å². The molecule has 1 aliphatic rings. The molecule has 1 aromatic rings. The predicted octanol–water partition coefficient (Wildman–Crippen LogP) is 1.56. The molecule has 1 atom stereocenters. The maximum absolute atomic E-state index is 13.0. The summed E-state index contributed by atoms with van der Waals surface area (Å²) in [5, 5.41) is 9.66. The first-order chi connectivity index (χ1) is 12.9. The second-order valence-electron chi connectivity index (χ2n) is 5.58. The summed E-state index contributed by atoms with van der Waals surface area (Å²) >= 11 is 3.33. The normalized spacial score (nSPS) is 18.0. The minimum atomic E-state index is -2.26. The van der Waals surface area contributed by atoms with Gasteiger partial charge in [0.2, 0.25) is 6.41 Å². The number of hydrogen-bond donors (Lipinski definition) is 1. The van der Waals surface area contributed by atoms with Crippen LogP contribution in [-0.4, -0.2) is 42.0 Å². The maximum Gasteiger partial charge on any atom is 0.345 e. The number of rotatable bonds is 6. The zero-order valence-electron chi connectivity index (χ0n) is 14.8. The number of benzene rings is 1. The van der Waals surface area contributed by atoms with Crippen LogP contribution in [0.2, 0.25) is 0 Å². The minimum absolute atomic E-state index is 0.0420. The fourth-order valence-electron chi connectivity index (χ4n) is 3.17. The van der Waals surface area contributed by atoms with Crippen LogP contribution in [0.15, 0.2) is 40.1 Å². The van der Waals surface area contributed by atoms with E-state index < -0.39 is 23.4 Å². The average molecular weight is 436 g/mol. The van der Waals surface area contributed by atoms with E-state index in [0.29, 0.717) is 10.0 Å². The SMILES string of the molecule is CCOC(=O)C1(C(=O)OCC)[C@H](c2cccc(Br)c2)C(C#N)=C(N)N1C=O. The van der Waals surface area contributed by atoms with Gasteiger partial charge in [-0.2, -0.15) is 5.26 Å². The van der Waals surface area contributed by atoms with Crippen LogP contribution < -0.4 is 5.73 Å². The summed E-state index contributed by atoms with van der Waals surface area (Å²) in [6.45, 7) is 3.04. The smallest absolute Gasteiger partial charge is 0.345 e. The minimum Gasteiger partial charge on any atom is -0.464 e. The van der Waals surface area contributed by atoms with Crippen LogP contribution in [0, 0.1) is 11.3 Å². The van der Waals surface area contributed by atoms with Crippen LogP contribution in [-0.2, 0) is 23.9 Å². The molecular weight excluding hydrogens is 418 g/mol. The molecule has 0 bridgehead atoms. The van der Waals surface area contributed by atoms with Gasteiger partial charge in [0.25, 0.3) is 5.54 Å². The second-order valence-corrected chi connectivity index (χ2v) is 6.50. The highest BCUT2D eigenvalue weighted by molar-refractivity contribution is 9.10. The van der Waals surface area contributed by atoms with E-state index in [1.165, 1.54) is 0 Å². The zero-order valence-corrected chi connectivity index (χ0v) is 16.4. The van der Waals surface area contributed by atoms with E-state index in [2.05, 4.69) is 15.9 Å². The first-order valence-electron chi connectivity index (χ1n) is 8.14. The fraction of sp³-hybridized carbons (Fsp3) is 0.333. The van der Waals surface area contributed by atoms with Crippen LogP contribution >= 0.6 is 15.9 Å². The lowest BCUT2D eigenvalue weighted by Crippen LogP contribution is -2.61. The van der Waals surface area contributed by atoms with Gasteiger partial charge >= 0.3 is 11.9 Å².